The number of para-hydroxylation sites is 1. The van der Waals surface area contributed by atoms with Crippen LogP contribution in [0.5, 0.6) is 5.75 Å². The third-order valence-corrected chi connectivity index (χ3v) is 5.21. The predicted molar refractivity (Wildman–Crippen MR) is 89.3 cm³/mol. The summed E-state index contributed by atoms with van der Waals surface area (Å²) in [7, 11) is -2.45. The van der Waals surface area contributed by atoms with E-state index in [-0.39, 0.29) is 17.2 Å². The van der Waals surface area contributed by atoms with Gasteiger partial charge in [-0.25, -0.2) is 17.7 Å². The third-order valence-electron chi connectivity index (χ3n) is 3.42. The van der Waals surface area contributed by atoms with Gasteiger partial charge in [-0.3, -0.25) is 0 Å². The van der Waals surface area contributed by atoms with E-state index in [1.165, 1.54) is 23.7 Å². The summed E-state index contributed by atoms with van der Waals surface area (Å²) in [6.45, 7) is 0.0321. The molecule has 3 aromatic rings. The Morgan fingerprint density at radius 1 is 1.08 bits per heavy atom. The molecule has 0 spiro atoms. The lowest BCUT2D eigenvalue weighted by Crippen LogP contribution is -2.31. The first kappa shape index (κ1) is 16.1. The highest BCUT2D eigenvalue weighted by molar-refractivity contribution is 7.92. The molecule has 2 aromatic heterocycles. The molecule has 2 heterocycles. The van der Waals surface area contributed by atoms with Gasteiger partial charge < -0.3 is 9.15 Å². The largest absolute Gasteiger partial charge is 0.495 e. The van der Waals surface area contributed by atoms with Crippen LogP contribution in [0, 0.1) is 0 Å². The number of hydrogen-bond acceptors (Lipinski definition) is 5. The van der Waals surface area contributed by atoms with Crippen molar-refractivity contribution in [2.75, 3.05) is 11.4 Å². The van der Waals surface area contributed by atoms with E-state index in [2.05, 4.69) is 4.98 Å². The summed E-state index contributed by atoms with van der Waals surface area (Å²) in [5, 5.41) is 0. The van der Waals surface area contributed by atoms with E-state index in [9.17, 15) is 8.42 Å². The second kappa shape index (κ2) is 6.76. The van der Waals surface area contributed by atoms with E-state index in [0.717, 1.165) is 0 Å². The van der Waals surface area contributed by atoms with E-state index >= 15 is 0 Å². The van der Waals surface area contributed by atoms with Crippen molar-refractivity contribution in [2.24, 2.45) is 0 Å². The standard InChI is InChI=1S/C17H16N2O4S/c1-22-15-8-2-3-9-16(15)24(20,21)19(13-14-7-6-12-23-14)17-10-4-5-11-18-17/h2-12H,13H2,1H3. The van der Waals surface area contributed by atoms with E-state index in [4.69, 9.17) is 9.15 Å². The Hall–Kier alpha value is -2.80. The first-order valence-corrected chi connectivity index (χ1v) is 8.66. The highest BCUT2D eigenvalue weighted by Gasteiger charge is 2.29. The number of methoxy groups -OCH3 is 1. The summed E-state index contributed by atoms with van der Waals surface area (Å²) in [6.07, 6.45) is 3.05. The molecule has 7 heteroatoms. The Kier molecular flexibility index (Phi) is 4.52. The molecule has 0 fully saturated rings. The molecule has 0 aliphatic rings. The average Bonchev–Trinajstić information content (AvgIpc) is 3.13. The van der Waals surface area contributed by atoms with Gasteiger partial charge in [0.25, 0.3) is 10.0 Å². The highest BCUT2D eigenvalue weighted by Crippen LogP contribution is 2.30. The third kappa shape index (κ3) is 3.11. The highest BCUT2D eigenvalue weighted by atomic mass is 32.2. The van der Waals surface area contributed by atoms with Crippen LogP contribution in [0.2, 0.25) is 0 Å². The minimum absolute atomic E-state index is 0.0321. The molecule has 0 unspecified atom stereocenters. The molecule has 0 aliphatic heterocycles. The van der Waals surface area contributed by atoms with Gasteiger partial charge in [-0.1, -0.05) is 18.2 Å². The number of rotatable bonds is 6. The zero-order valence-electron chi connectivity index (χ0n) is 13.0. The van der Waals surface area contributed by atoms with Crippen molar-refractivity contribution < 1.29 is 17.6 Å². The van der Waals surface area contributed by atoms with Crippen LogP contribution in [0.15, 0.2) is 76.4 Å². The lowest BCUT2D eigenvalue weighted by molar-refractivity contribution is 0.402. The molecule has 24 heavy (non-hydrogen) atoms. The van der Waals surface area contributed by atoms with Gasteiger partial charge >= 0.3 is 0 Å². The Labute approximate surface area is 140 Å². The van der Waals surface area contributed by atoms with Gasteiger partial charge in [-0.05, 0) is 36.4 Å². The predicted octanol–water partition coefficient (Wildman–Crippen LogP) is 3.08. The number of anilines is 1. The summed E-state index contributed by atoms with van der Waals surface area (Å²) < 4.78 is 38.1. The van der Waals surface area contributed by atoms with Crippen LogP contribution in [-0.4, -0.2) is 20.5 Å². The molecule has 0 radical (unpaired) electrons. The maximum atomic E-state index is 13.2. The van der Waals surface area contributed by atoms with Gasteiger partial charge in [-0.15, -0.1) is 0 Å². The molecular weight excluding hydrogens is 328 g/mol. The van der Waals surface area contributed by atoms with E-state index in [1.54, 1.807) is 54.7 Å². The molecule has 0 atom stereocenters. The smallest absolute Gasteiger partial charge is 0.269 e. The molecule has 3 rings (SSSR count). The van der Waals surface area contributed by atoms with Gasteiger partial charge in [0.2, 0.25) is 0 Å². The quantitative estimate of drug-likeness (QED) is 0.687. The second-order valence-corrected chi connectivity index (χ2v) is 6.76. The molecule has 0 aliphatic carbocycles. The van der Waals surface area contributed by atoms with Crippen LogP contribution in [0.4, 0.5) is 5.82 Å². The molecular formula is C17H16N2O4S. The summed E-state index contributed by atoms with van der Waals surface area (Å²) in [6, 6.07) is 15.0. The minimum atomic E-state index is -3.89. The zero-order chi connectivity index (χ0) is 17.0. The topological polar surface area (TPSA) is 72.6 Å². The van der Waals surface area contributed by atoms with Gasteiger partial charge in [0, 0.05) is 6.20 Å². The molecule has 0 saturated heterocycles. The van der Waals surface area contributed by atoms with Crippen molar-refractivity contribution in [3.8, 4) is 5.75 Å². The first-order chi connectivity index (χ1) is 11.6. The molecule has 0 saturated carbocycles. The number of furan rings is 1. The van der Waals surface area contributed by atoms with E-state index < -0.39 is 10.0 Å². The number of pyridine rings is 1. The van der Waals surface area contributed by atoms with E-state index in [0.29, 0.717) is 11.6 Å². The minimum Gasteiger partial charge on any atom is -0.495 e. The van der Waals surface area contributed by atoms with Crippen LogP contribution < -0.4 is 9.04 Å². The fraction of sp³-hybridized carbons (Fsp3) is 0.118. The van der Waals surface area contributed by atoms with Gasteiger partial charge in [0.05, 0.1) is 19.9 Å². The SMILES string of the molecule is COc1ccccc1S(=O)(=O)N(Cc1ccco1)c1ccccn1. The van der Waals surface area contributed by atoms with Crippen molar-refractivity contribution in [1.82, 2.24) is 4.98 Å². The average molecular weight is 344 g/mol. The van der Waals surface area contributed by atoms with Crippen LogP contribution >= 0.6 is 0 Å². The Morgan fingerprint density at radius 3 is 2.54 bits per heavy atom. The van der Waals surface area contributed by atoms with E-state index in [1.807, 2.05) is 0 Å². The molecule has 1 aromatic carbocycles. The van der Waals surface area contributed by atoms with Crippen molar-refractivity contribution in [1.29, 1.82) is 0 Å². The van der Waals surface area contributed by atoms with Crippen molar-refractivity contribution in [2.45, 2.75) is 11.4 Å². The Balaban J connectivity index is 2.10. The fourth-order valence-electron chi connectivity index (χ4n) is 2.29. The molecule has 6 nitrogen and oxygen atoms in total. The van der Waals surface area contributed by atoms with Crippen LogP contribution in [-0.2, 0) is 16.6 Å². The van der Waals surface area contributed by atoms with Crippen molar-refractivity contribution >= 4 is 15.8 Å². The normalized spacial score (nSPS) is 11.2. The lowest BCUT2D eigenvalue weighted by atomic mass is 10.3. The van der Waals surface area contributed by atoms with Gasteiger partial charge in [0.15, 0.2) is 0 Å². The van der Waals surface area contributed by atoms with Crippen LogP contribution in [0.3, 0.4) is 0 Å². The Morgan fingerprint density at radius 2 is 1.88 bits per heavy atom. The molecule has 0 bridgehead atoms. The zero-order valence-corrected chi connectivity index (χ0v) is 13.8. The molecule has 124 valence electrons. The summed E-state index contributed by atoms with van der Waals surface area (Å²) in [4.78, 5) is 4.24. The first-order valence-electron chi connectivity index (χ1n) is 7.22. The number of benzene rings is 1. The van der Waals surface area contributed by atoms with Crippen LogP contribution in [0.1, 0.15) is 5.76 Å². The number of hydrogen-bond donors (Lipinski definition) is 0. The summed E-state index contributed by atoms with van der Waals surface area (Å²) >= 11 is 0. The number of ether oxygens (including phenoxy) is 1. The monoisotopic (exact) mass is 344 g/mol. The Bertz CT molecular complexity index is 893. The fourth-order valence-corrected chi connectivity index (χ4v) is 3.83. The number of nitrogens with zero attached hydrogens (tertiary/aromatic N) is 2. The summed E-state index contributed by atoms with van der Waals surface area (Å²) in [5.41, 5.74) is 0. The van der Waals surface area contributed by atoms with Crippen LogP contribution in [0.25, 0.3) is 0 Å². The second-order valence-electron chi connectivity index (χ2n) is 4.93. The summed E-state index contributed by atoms with van der Waals surface area (Å²) in [5.74, 6) is 1.09. The maximum Gasteiger partial charge on any atom is 0.269 e. The van der Waals surface area contributed by atoms with Crippen molar-refractivity contribution in [3.63, 3.8) is 0 Å². The van der Waals surface area contributed by atoms with Crippen molar-refractivity contribution in [3.05, 3.63) is 72.8 Å². The van der Waals surface area contributed by atoms with Gasteiger partial charge in [0.1, 0.15) is 22.2 Å². The maximum absolute atomic E-state index is 13.2. The molecule has 0 N–H and O–H groups in total. The molecule has 0 amide bonds. The van der Waals surface area contributed by atoms with Gasteiger partial charge in [-0.2, -0.15) is 0 Å². The number of aromatic nitrogens is 1. The number of sulfonamides is 1. The lowest BCUT2D eigenvalue weighted by Gasteiger charge is -2.23.